The third kappa shape index (κ3) is 4.41. The van der Waals surface area contributed by atoms with Crippen LogP contribution in [-0.4, -0.2) is 22.9 Å². The summed E-state index contributed by atoms with van der Waals surface area (Å²) in [5.74, 6) is 0. The molecule has 1 aliphatic rings. The van der Waals surface area contributed by atoms with E-state index in [2.05, 4.69) is 25.4 Å². The van der Waals surface area contributed by atoms with E-state index in [1.807, 2.05) is 6.92 Å². The van der Waals surface area contributed by atoms with Crippen LogP contribution >= 0.6 is 15.9 Å². The molecule has 3 rings (SSSR count). The Labute approximate surface area is 155 Å². The lowest BCUT2D eigenvalue weighted by Gasteiger charge is -2.10. The van der Waals surface area contributed by atoms with Crippen molar-refractivity contribution in [3.05, 3.63) is 52.5 Å². The number of benzene rings is 2. The molecule has 9 heteroatoms. The SMILES string of the molecule is Cc1cc(NS(=O)(=O)c2ccc(S(=O)(=O)NC3CC3)cc2)ccc1Br. The number of aryl methyl sites for hydroxylation is 1. The van der Waals surface area contributed by atoms with E-state index in [1.54, 1.807) is 18.2 Å². The molecule has 6 nitrogen and oxygen atoms in total. The van der Waals surface area contributed by atoms with Crippen molar-refractivity contribution < 1.29 is 16.8 Å². The molecule has 2 aromatic carbocycles. The minimum atomic E-state index is -3.80. The molecule has 1 saturated carbocycles. The first kappa shape index (κ1) is 18.4. The summed E-state index contributed by atoms with van der Waals surface area (Å²) in [7, 11) is -7.40. The summed E-state index contributed by atoms with van der Waals surface area (Å²) in [4.78, 5) is 0.0521. The first-order chi connectivity index (χ1) is 11.7. The number of hydrogen-bond acceptors (Lipinski definition) is 4. The van der Waals surface area contributed by atoms with E-state index in [4.69, 9.17) is 0 Å². The smallest absolute Gasteiger partial charge is 0.261 e. The van der Waals surface area contributed by atoms with Gasteiger partial charge in [0.05, 0.1) is 9.79 Å². The van der Waals surface area contributed by atoms with Crippen LogP contribution in [0.3, 0.4) is 0 Å². The molecule has 1 fully saturated rings. The summed E-state index contributed by atoms with van der Waals surface area (Å²) in [5.41, 5.74) is 1.33. The zero-order chi connectivity index (χ0) is 18.2. The maximum Gasteiger partial charge on any atom is 0.261 e. The molecule has 0 unspecified atom stereocenters. The van der Waals surface area contributed by atoms with Crippen LogP contribution in [0.25, 0.3) is 0 Å². The summed E-state index contributed by atoms with van der Waals surface area (Å²) >= 11 is 3.36. The van der Waals surface area contributed by atoms with Gasteiger partial charge in [0.1, 0.15) is 0 Å². The molecule has 1 aliphatic carbocycles. The van der Waals surface area contributed by atoms with Crippen LogP contribution in [0.1, 0.15) is 18.4 Å². The van der Waals surface area contributed by atoms with Gasteiger partial charge in [-0.25, -0.2) is 21.6 Å². The fraction of sp³-hybridized carbons (Fsp3) is 0.250. The Morgan fingerprint density at radius 3 is 2.00 bits per heavy atom. The summed E-state index contributed by atoms with van der Waals surface area (Å²) < 4.78 is 55.1. The van der Waals surface area contributed by atoms with E-state index in [0.717, 1.165) is 22.9 Å². The fourth-order valence-electron chi connectivity index (χ4n) is 2.21. The molecule has 0 bridgehead atoms. The van der Waals surface area contributed by atoms with Crippen molar-refractivity contribution >= 4 is 41.7 Å². The second kappa shape index (κ2) is 6.71. The third-order valence-corrected chi connectivity index (χ3v) is 7.58. The van der Waals surface area contributed by atoms with Gasteiger partial charge in [-0.3, -0.25) is 4.72 Å². The highest BCUT2D eigenvalue weighted by Gasteiger charge is 2.28. The van der Waals surface area contributed by atoms with Gasteiger partial charge in [-0.15, -0.1) is 0 Å². The Hall–Kier alpha value is -1.42. The van der Waals surface area contributed by atoms with Gasteiger partial charge in [0.2, 0.25) is 10.0 Å². The molecule has 0 aliphatic heterocycles. The minimum Gasteiger partial charge on any atom is -0.280 e. The van der Waals surface area contributed by atoms with Crippen molar-refractivity contribution in [2.75, 3.05) is 4.72 Å². The summed E-state index contributed by atoms with van der Waals surface area (Å²) in [6, 6.07) is 10.3. The topological polar surface area (TPSA) is 92.3 Å². The molecule has 0 saturated heterocycles. The van der Waals surface area contributed by atoms with Gasteiger partial charge in [-0.2, -0.15) is 0 Å². The third-order valence-electron chi connectivity index (χ3n) is 3.75. The Balaban J connectivity index is 1.81. The van der Waals surface area contributed by atoms with E-state index in [9.17, 15) is 16.8 Å². The van der Waals surface area contributed by atoms with Crippen LogP contribution in [0.15, 0.2) is 56.7 Å². The van der Waals surface area contributed by atoms with Crippen molar-refractivity contribution in [1.29, 1.82) is 0 Å². The lowest BCUT2D eigenvalue weighted by molar-refractivity contribution is 0.580. The highest BCUT2D eigenvalue weighted by molar-refractivity contribution is 9.10. The van der Waals surface area contributed by atoms with E-state index < -0.39 is 20.0 Å². The first-order valence-electron chi connectivity index (χ1n) is 7.59. The van der Waals surface area contributed by atoms with Crippen LogP contribution < -0.4 is 9.44 Å². The van der Waals surface area contributed by atoms with Gasteiger partial charge in [0.15, 0.2) is 0 Å². The van der Waals surface area contributed by atoms with E-state index in [1.165, 1.54) is 24.3 Å². The maximum atomic E-state index is 12.5. The maximum absolute atomic E-state index is 12.5. The average Bonchev–Trinajstić information content (AvgIpc) is 3.34. The molecule has 2 N–H and O–H groups in total. The van der Waals surface area contributed by atoms with Crippen LogP contribution in [-0.2, 0) is 20.0 Å². The zero-order valence-electron chi connectivity index (χ0n) is 13.4. The Morgan fingerprint density at radius 1 is 0.920 bits per heavy atom. The first-order valence-corrected chi connectivity index (χ1v) is 11.3. The average molecular weight is 445 g/mol. The van der Waals surface area contributed by atoms with E-state index in [-0.39, 0.29) is 15.8 Å². The van der Waals surface area contributed by atoms with E-state index >= 15 is 0 Å². The monoisotopic (exact) mass is 444 g/mol. The van der Waals surface area contributed by atoms with Crippen molar-refractivity contribution in [3.8, 4) is 0 Å². The number of rotatable bonds is 6. The number of sulfonamides is 2. The van der Waals surface area contributed by atoms with Gasteiger partial charge < -0.3 is 0 Å². The van der Waals surface area contributed by atoms with Gasteiger partial charge in [0.25, 0.3) is 10.0 Å². The lowest BCUT2D eigenvalue weighted by atomic mass is 10.2. The minimum absolute atomic E-state index is 0.00144. The zero-order valence-corrected chi connectivity index (χ0v) is 16.6. The fourth-order valence-corrected chi connectivity index (χ4v) is 4.81. The number of nitrogens with one attached hydrogen (secondary N) is 2. The second-order valence-corrected chi connectivity index (χ2v) is 10.2. The molecular weight excluding hydrogens is 428 g/mol. The van der Waals surface area contributed by atoms with Crippen molar-refractivity contribution in [2.24, 2.45) is 0 Å². The predicted molar refractivity (Wildman–Crippen MR) is 99.5 cm³/mol. The molecule has 2 aromatic rings. The van der Waals surface area contributed by atoms with Crippen LogP contribution in [0, 0.1) is 6.92 Å². The molecule has 0 spiro atoms. The van der Waals surface area contributed by atoms with Crippen LogP contribution in [0.2, 0.25) is 0 Å². The summed E-state index contributed by atoms with van der Waals surface area (Å²) in [6.45, 7) is 1.86. The Morgan fingerprint density at radius 2 is 1.48 bits per heavy atom. The summed E-state index contributed by atoms with van der Waals surface area (Å²) in [5, 5.41) is 0. The molecular formula is C16H17BrN2O4S2. The highest BCUT2D eigenvalue weighted by Crippen LogP contribution is 2.24. The molecule has 0 radical (unpaired) electrons. The Bertz CT molecular complexity index is 999. The molecule has 0 amide bonds. The largest absolute Gasteiger partial charge is 0.280 e. The molecule has 25 heavy (non-hydrogen) atoms. The van der Waals surface area contributed by atoms with Crippen molar-refractivity contribution in [3.63, 3.8) is 0 Å². The normalized spacial score (nSPS) is 15.1. The second-order valence-electron chi connectivity index (χ2n) is 5.94. The Kier molecular flexibility index (Phi) is 4.93. The molecule has 134 valence electrons. The lowest BCUT2D eigenvalue weighted by Crippen LogP contribution is -2.25. The molecule has 0 atom stereocenters. The van der Waals surface area contributed by atoms with Gasteiger partial charge in [-0.05, 0) is 67.8 Å². The summed E-state index contributed by atoms with van der Waals surface area (Å²) in [6.07, 6.45) is 1.67. The van der Waals surface area contributed by atoms with Crippen LogP contribution in [0.4, 0.5) is 5.69 Å². The standard InChI is InChI=1S/C16H17BrN2O4S2/c1-11-10-13(4-9-16(11)17)19-25(22,23)15-7-5-14(6-8-15)24(20,21)18-12-2-3-12/h4-10,12,18-19H,2-3H2,1H3. The van der Waals surface area contributed by atoms with Gasteiger partial charge in [0, 0.05) is 16.2 Å². The van der Waals surface area contributed by atoms with E-state index in [0.29, 0.717) is 5.69 Å². The van der Waals surface area contributed by atoms with Gasteiger partial charge in [-0.1, -0.05) is 15.9 Å². The number of anilines is 1. The molecule has 0 heterocycles. The van der Waals surface area contributed by atoms with Gasteiger partial charge >= 0.3 is 0 Å². The quantitative estimate of drug-likeness (QED) is 0.715. The van der Waals surface area contributed by atoms with Crippen LogP contribution in [0.5, 0.6) is 0 Å². The predicted octanol–water partition coefficient (Wildman–Crippen LogP) is 3.00. The molecule has 0 aromatic heterocycles. The highest BCUT2D eigenvalue weighted by atomic mass is 79.9. The number of hydrogen-bond donors (Lipinski definition) is 2. The van der Waals surface area contributed by atoms with Crippen molar-refractivity contribution in [1.82, 2.24) is 4.72 Å². The number of halogens is 1. The van der Waals surface area contributed by atoms with Crippen molar-refractivity contribution in [2.45, 2.75) is 35.6 Å².